The van der Waals surface area contributed by atoms with Crippen molar-refractivity contribution in [1.82, 2.24) is 4.90 Å². The number of carboxylic acids is 1. The van der Waals surface area contributed by atoms with Crippen molar-refractivity contribution in [3.63, 3.8) is 0 Å². The Morgan fingerprint density at radius 2 is 1.60 bits per heavy atom. The van der Waals surface area contributed by atoms with Gasteiger partial charge >= 0.3 is 12.1 Å². The molecule has 1 aliphatic heterocycles. The van der Waals surface area contributed by atoms with E-state index in [4.69, 9.17) is 0 Å². The van der Waals surface area contributed by atoms with Gasteiger partial charge in [-0.15, -0.1) is 0 Å². The average molecular weight is 608 g/mol. The topological polar surface area (TPSA) is 127 Å². The fraction of sp³-hybridized carbons (Fsp3) is 0.286. The summed E-state index contributed by atoms with van der Waals surface area (Å²) in [5, 5.41) is 19.3. The molecule has 3 aromatic rings. The number of hydrogen-bond acceptors (Lipinski definition) is 6. The van der Waals surface area contributed by atoms with E-state index >= 15 is 0 Å². The number of carbonyl (C=O) groups is 2. The Hall–Kier alpha value is -4.33. The fourth-order valence-corrected chi connectivity index (χ4v) is 6.07. The van der Waals surface area contributed by atoms with Crippen LogP contribution in [-0.2, 0) is 25.8 Å². The number of sulfonamides is 1. The van der Waals surface area contributed by atoms with Gasteiger partial charge in [0.05, 0.1) is 21.8 Å². The number of alkyl halides is 3. The van der Waals surface area contributed by atoms with Crippen molar-refractivity contribution in [1.29, 1.82) is 0 Å². The normalized spacial score (nSPS) is 16.7. The number of carbonyl (C=O) groups excluding carboxylic acids is 1. The molecule has 2 fully saturated rings. The number of hydrogen-bond donors (Lipinski definition) is 3. The van der Waals surface area contributed by atoms with Crippen LogP contribution in [0.5, 0.6) is 5.75 Å². The number of phenols is 1. The molecular formula is C28H25F4N3O6S. The number of phenolic OH excluding ortho intramolecular Hbond substituents is 1. The largest absolute Gasteiger partial charge is 0.508 e. The Morgan fingerprint density at radius 1 is 0.905 bits per heavy atom. The first-order valence-electron chi connectivity index (χ1n) is 12.8. The minimum atomic E-state index is -4.77. The maximum absolute atomic E-state index is 14.0. The third kappa shape index (κ3) is 5.71. The van der Waals surface area contributed by atoms with Crippen LogP contribution >= 0.6 is 0 Å². The summed E-state index contributed by atoms with van der Waals surface area (Å²) in [7, 11) is -4.55. The molecule has 5 rings (SSSR count). The van der Waals surface area contributed by atoms with Crippen molar-refractivity contribution in [3.05, 3.63) is 72.0 Å². The number of aromatic hydroxyl groups is 1. The molecule has 222 valence electrons. The van der Waals surface area contributed by atoms with Crippen molar-refractivity contribution in [2.24, 2.45) is 5.41 Å². The van der Waals surface area contributed by atoms with Crippen LogP contribution < -0.4 is 9.62 Å². The van der Waals surface area contributed by atoms with Crippen LogP contribution in [-0.4, -0.2) is 61.6 Å². The van der Waals surface area contributed by atoms with Crippen LogP contribution in [0.2, 0.25) is 0 Å². The first-order chi connectivity index (χ1) is 19.7. The van der Waals surface area contributed by atoms with Crippen LogP contribution in [0.1, 0.15) is 18.4 Å². The number of anilines is 2. The molecule has 0 spiro atoms. The molecular weight excluding hydrogens is 582 g/mol. The van der Waals surface area contributed by atoms with E-state index < -0.39 is 49.8 Å². The summed E-state index contributed by atoms with van der Waals surface area (Å²) in [6.07, 6.45) is -4.24. The first kappa shape index (κ1) is 29.2. The summed E-state index contributed by atoms with van der Waals surface area (Å²) in [6, 6.07) is 11.0. The number of benzene rings is 3. The van der Waals surface area contributed by atoms with Gasteiger partial charge in [0.1, 0.15) is 17.0 Å². The molecule has 0 atom stereocenters. The lowest BCUT2D eigenvalue weighted by atomic mass is 10.0. The minimum absolute atomic E-state index is 0.0300. The third-order valence-electron chi connectivity index (χ3n) is 7.40. The van der Waals surface area contributed by atoms with Gasteiger partial charge in [-0.25, -0.2) is 12.8 Å². The lowest BCUT2D eigenvalue weighted by molar-refractivity contribution is -0.153. The van der Waals surface area contributed by atoms with E-state index in [0.717, 1.165) is 30.3 Å². The second-order valence-electron chi connectivity index (χ2n) is 10.2. The van der Waals surface area contributed by atoms with Crippen molar-refractivity contribution in [2.75, 3.05) is 35.8 Å². The Balaban J connectivity index is 1.47. The molecule has 2 aliphatic rings. The van der Waals surface area contributed by atoms with E-state index in [0.29, 0.717) is 17.3 Å². The lowest BCUT2D eigenvalue weighted by Crippen LogP contribution is -2.52. The zero-order valence-corrected chi connectivity index (χ0v) is 22.7. The highest BCUT2D eigenvalue weighted by Gasteiger charge is 2.58. The van der Waals surface area contributed by atoms with Crippen LogP contribution in [0.4, 0.5) is 28.9 Å². The maximum atomic E-state index is 14.0. The summed E-state index contributed by atoms with van der Waals surface area (Å²) < 4.78 is 82.8. The molecule has 3 N–H and O–H groups in total. The average Bonchev–Trinajstić information content (AvgIpc) is 3.74. The fourth-order valence-electron chi connectivity index (χ4n) is 4.95. The monoisotopic (exact) mass is 607 g/mol. The number of rotatable bonds is 7. The van der Waals surface area contributed by atoms with Gasteiger partial charge in [0, 0.05) is 32.2 Å². The zero-order chi connectivity index (χ0) is 30.4. The van der Waals surface area contributed by atoms with Crippen molar-refractivity contribution >= 4 is 33.3 Å². The van der Waals surface area contributed by atoms with Crippen molar-refractivity contribution in [3.8, 4) is 16.9 Å². The Bertz CT molecular complexity index is 1650. The predicted octanol–water partition coefficient (Wildman–Crippen LogP) is 4.53. The number of nitrogens with zero attached hydrogens (tertiary/aromatic N) is 2. The van der Waals surface area contributed by atoms with E-state index in [9.17, 15) is 45.8 Å². The molecule has 0 bridgehead atoms. The molecule has 1 heterocycles. The Labute approximate surface area is 238 Å². The van der Waals surface area contributed by atoms with Gasteiger partial charge in [0.2, 0.25) is 5.91 Å². The highest BCUT2D eigenvalue weighted by atomic mass is 32.2. The second kappa shape index (κ2) is 10.5. The SMILES string of the molecule is O=C(O)C1(C(=O)N2CCN(c3ccc(-c4cc(O)cc(F)c4)cc3NS(=O)(=O)c3cccc(C(F)(F)F)c3)CC2)CC1. The smallest absolute Gasteiger partial charge is 0.416 e. The van der Waals surface area contributed by atoms with Gasteiger partial charge < -0.3 is 20.0 Å². The zero-order valence-electron chi connectivity index (χ0n) is 21.9. The number of piperazine rings is 1. The number of aliphatic carboxylic acids is 1. The molecule has 14 heteroatoms. The molecule has 0 radical (unpaired) electrons. The second-order valence-corrected chi connectivity index (χ2v) is 11.9. The van der Waals surface area contributed by atoms with Gasteiger partial charge in [-0.05, 0) is 66.4 Å². The Morgan fingerprint density at radius 3 is 2.19 bits per heavy atom. The molecule has 1 amide bonds. The maximum Gasteiger partial charge on any atom is 0.416 e. The van der Waals surface area contributed by atoms with E-state index in [1.165, 1.54) is 17.0 Å². The van der Waals surface area contributed by atoms with Gasteiger partial charge in [0.15, 0.2) is 0 Å². The standard InChI is InChI=1S/C28H25F4N3O6S/c29-20-12-18(13-21(36)16-20)17-4-5-24(34-8-10-35(11-9-34)25(37)27(6-7-27)26(38)39)23(14-17)33-42(40,41)22-3-1-2-19(15-22)28(30,31)32/h1-5,12-16,33,36H,6-11H2,(H,38,39). The lowest BCUT2D eigenvalue weighted by Gasteiger charge is -2.38. The molecule has 9 nitrogen and oxygen atoms in total. The summed E-state index contributed by atoms with van der Waals surface area (Å²) in [5.74, 6) is -2.74. The summed E-state index contributed by atoms with van der Waals surface area (Å²) in [6.45, 7) is 0.736. The van der Waals surface area contributed by atoms with Gasteiger partial charge in [-0.2, -0.15) is 13.2 Å². The summed E-state index contributed by atoms with van der Waals surface area (Å²) in [5.41, 5.74) is -1.71. The van der Waals surface area contributed by atoms with Gasteiger partial charge in [-0.1, -0.05) is 12.1 Å². The summed E-state index contributed by atoms with van der Waals surface area (Å²) in [4.78, 5) is 27.0. The van der Waals surface area contributed by atoms with Gasteiger partial charge in [-0.3, -0.25) is 14.3 Å². The van der Waals surface area contributed by atoms with E-state index in [2.05, 4.69) is 4.72 Å². The molecule has 3 aromatic carbocycles. The number of halogens is 4. The molecule has 42 heavy (non-hydrogen) atoms. The van der Waals surface area contributed by atoms with Crippen LogP contribution in [0, 0.1) is 11.2 Å². The molecule has 0 unspecified atom stereocenters. The minimum Gasteiger partial charge on any atom is -0.508 e. The van der Waals surface area contributed by atoms with E-state index in [1.54, 1.807) is 17.0 Å². The first-order valence-corrected chi connectivity index (χ1v) is 14.3. The number of nitrogens with one attached hydrogen (secondary N) is 1. The highest BCUT2D eigenvalue weighted by molar-refractivity contribution is 7.92. The molecule has 1 aliphatic carbocycles. The molecule has 0 aromatic heterocycles. The Kier molecular flexibility index (Phi) is 7.29. The molecule has 1 saturated heterocycles. The number of amides is 1. The highest BCUT2D eigenvalue weighted by Crippen LogP contribution is 2.47. The van der Waals surface area contributed by atoms with Gasteiger partial charge in [0.25, 0.3) is 10.0 Å². The van der Waals surface area contributed by atoms with Crippen molar-refractivity contribution < 1.29 is 45.8 Å². The molecule has 1 saturated carbocycles. The van der Waals surface area contributed by atoms with Crippen LogP contribution in [0.3, 0.4) is 0 Å². The van der Waals surface area contributed by atoms with Crippen LogP contribution in [0.25, 0.3) is 11.1 Å². The third-order valence-corrected chi connectivity index (χ3v) is 8.77. The predicted molar refractivity (Wildman–Crippen MR) is 144 cm³/mol. The van der Waals surface area contributed by atoms with Crippen LogP contribution in [0.15, 0.2) is 65.6 Å². The van der Waals surface area contributed by atoms with E-state index in [1.807, 2.05) is 0 Å². The number of carboxylic acid groups (broad SMARTS) is 1. The quantitative estimate of drug-likeness (QED) is 0.266. The summed E-state index contributed by atoms with van der Waals surface area (Å²) >= 11 is 0. The van der Waals surface area contributed by atoms with E-state index in [-0.39, 0.29) is 56.0 Å². The van der Waals surface area contributed by atoms with Crippen molar-refractivity contribution in [2.45, 2.75) is 23.9 Å².